The first-order chi connectivity index (χ1) is 10.1. The third-order valence-corrected chi connectivity index (χ3v) is 3.44. The standard InChI is InChI=1S/C13H11N3O4S/c17-4-1-2-8-3-5-21-10(8)7-14-11(18)9-6-15-13(20)16-12(9)19/h3,5-6,17H,4,7H2,(H,14,18)(H2,15,16,19,20). The molecule has 0 aromatic carbocycles. The first-order valence-corrected chi connectivity index (χ1v) is 6.76. The van der Waals surface area contributed by atoms with Crippen LogP contribution in [0.2, 0.25) is 0 Å². The molecule has 4 N–H and O–H groups in total. The zero-order valence-electron chi connectivity index (χ0n) is 10.7. The first-order valence-electron chi connectivity index (χ1n) is 5.88. The number of nitrogens with one attached hydrogen (secondary N) is 3. The van der Waals surface area contributed by atoms with Gasteiger partial charge in [0.2, 0.25) is 0 Å². The lowest BCUT2D eigenvalue weighted by Crippen LogP contribution is -2.33. The lowest BCUT2D eigenvalue weighted by Gasteiger charge is -2.03. The molecular weight excluding hydrogens is 294 g/mol. The van der Waals surface area contributed by atoms with Gasteiger partial charge in [-0.15, -0.1) is 11.3 Å². The molecule has 0 unspecified atom stereocenters. The Balaban J connectivity index is 2.10. The Kier molecular flexibility index (Phi) is 4.71. The van der Waals surface area contributed by atoms with E-state index < -0.39 is 17.2 Å². The zero-order valence-corrected chi connectivity index (χ0v) is 11.5. The lowest BCUT2D eigenvalue weighted by molar-refractivity contribution is 0.0949. The van der Waals surface area contributed by atoms with E-state index in [4.69, 9.17) is 5.11 Å². The van der Waals surface area contributed by atoms with E-state index in [0.717, 1.165) is 11.1 Å². The molecule has 0 aliphatic rings. The Morgan fingerprint density at radius 1 is 1.43 bits per heavy atom. The summed E-state index contributed by atoms with van der Waals surface area (Å²) in [5, 5.41) is 13.1. The van der Waals surface area contributed by atoms with Gasteiger partial charge in [-0.05, 0) is 11.4 Å². The molecule has 108 valence electrons. The van der Waals surface area contributed by atoms with Crippen LogP contribution in [0, 0.1) is 11.8 Å². The van der Waals surface area contributed by atoms with Crippen molar-refractivity contribution in [3.05, 3.63) is 54.5 Å². The van der Waals surface area contributed by atoms with Crippen molar-refractivity contribution in [2.75, 3.05) is 6.61 Å². The number of hydrogen-bond donors (Lipinski definition) is 4. The van der Waals surface area contributed by atoms with Crippen LogP contribution in [0.4, 0.5) is 0 Å². The molecule has 0 fully saturated rings. The van der Waals surface area contributed by atoms with Crippen LogP contribution in [0.15, 0.2) is 27.2 Å². The molecule has 0 atom stereocenters. The van der Waals surface area contributed by atoms with E-state index in [-0.39, 0.29) is 18.7 Å². The fourth-order valence-corrected chi connectivity index (χ4v) is 2.33. The summed E-state index contributed by atoms with van der Waals surface area (Å²) < 4.78 is 0. The lowest BCUT2D eigenvalue weighted by atomic mass is 10.2. The first kappa shape index (κ1) is 14.8. The monoisotopic (exact) mass is 305 g/mol. The number of thiophene rings is 1. The van der Waals surface area contributed by atoms with Gasteiger partial charge in [-0.3, -0.25) is 14.6 Å². The average Bonchev–Trinajstić information content (AvgIpc) is 2.90. The van der Waals surface area contributed by atoms with E-state index in [1.165, 1.54) is 11.3 Å². The molecule has 0 aliphatic heterocycles. The largest absolute Gasteiger partial charge is 0.384 e. The van der Waals surface area contributed by atoms with Crippen LogP contribution in [-0.4, -0.2) is 27.6 Å². The van der Waals surface area contributed by atoms with E-state index in [0.29, 0.717) is 5.56 Å². The summed E-state index contributed by atoms with van der Waals surface area (Å²) in [5.74, 6) is 4.70. The minimum atomic E-state index is -0.747. The predicted molar refractivity (Wildman–Crippen MR) is 77.1 cm³/mol. The molecular formula is C13H11N3O4S. The molecule has 0 saturated heterocycles. The van der Waals surface area contributed by atoms with Crippen LogP contribution in [0.1, 0.15) is 20.8 Å². The molecule has 0 radical (unpaired) electrons. The van der Waals surface area contributed by atoms with Gasteiger partial charge in [0.15, 0.2) is 0 Å². The fourth-order valence-electron chi connectivity index (χ4n) is 1.56. The fraction of sp³-hybridized carbons (Fsp3) is 0.154. The maximum Gasteiger partial charge on any atom is 0.325 e. The van der Waals surface area contributed by atoms with Crippen LogP contribution in [0.25, 0.3) is 0 Å². The van der Waals surface area contributed by atoms with Crippen molar-refractivity contribution in [3.8, 4) is 11.8 Å². The van der Waals surface area contributed by atoms with Gasteiger partial charge in [-0.25, -0.2) is 4.79 Å². The van der Waals surface area contributed by atoms with Crippen molar-refractivity contribution in [3.63, 3.8) is 0 Å². The molecule has 2 aromatic rings. The highest BCUT2D eigenvalue weighted by molar-refractivity contribution is 7.10. The smallest absolute Gasteiger partial charge is 0.325 e. The van der Waals surface area contributed by atoms with Crippen molar-refractivity contribution in [2.24, 2.45) is 0 Å². The normalized spacial score (nSPS) is 9.76. The molecule has 0 bridgehead atoms. The number of aliphatic hydroxyl groups is 1. The third-order valence-electron chi connectivity index (χ3n) is 2.52. The van der Waals surface area contributed by atoms with Crippen molar-refractivity contribution < 1.29 is 9.90 Å². The van der Waals surface area contributed by atoms with Crippen molar-refractivity contribution >= 4 is 17.2 Å². The van der Waals surface area contributed by atoms with Crippen LogP contribution in [0.3, 0.4) is 0 Å². The van der Waals surface area contributed by atoms with E-state index >= 15 is 0 Å². The second kappa shape index (κ2) is 6.69. The molecule has 2 aromatic heterocycles. The van der Waals surface area contributed by atoms with Crippen LogP contribution >= 0.6 is 11.3 Å². The third kappa shape index (κ3) is 3.68. The zero-order chi connectivity index (χ0) is 15.2. The highest BCUT2D eigenvalue weighted by atomic mass is 32.1. The Morgan fingerprint density at radius 2 is 2.24 bits per heavy atom. The minimum Gasteiger partial charge on any atom is -0.384 e. The number of aromatic amines is 2. The molecule has 7 nitrogen and oxygen atoms in total. The molecule has 8 heteroatoms. The molecule has 0 spiro atoms. The minimum absolute atomic E-state index is 0.172. The molecule has 1 amide bonds. The van der Waals surface area contributed by atoms with Crippen molar-refractivity contribution in [2.45, 2.75) is 6.54 Å². The summed E-state index contributed by atoms with van der Waals surface area (Å²) in [7, 11) is 0. The van der Waals surface area contributed by atoms with Gasteiger partial charge in [-0.1, -0.05) is 11.8 Å². The quantitative estimate of drug-likeness (QED) is 0.567. The predicted octanol–water partition coefficient (Wildman–Crippen LogP) is -0.602. The van der Waals surface area contributed by atoms with Gasteiger partial charge in [0.05, 0.1) is 6.54 Å². The molecule has 2 rings (SSSR count). The summed E-state index contributed by atoms with van der Waals surface area (Å²) in [5.41, 5.74) is -0.877. The Bertz CT molecular complexity index is 822. The van der Waals surface area contributed by atoms with Gasteiger partial charge >= 0.3 is 5.69 Å². The Morgan fingerprint density at radius 3 is 2.95 bits per heavy atom. The summed E-state index contributed by atoms with van der Waals surface area (Å²) in [6.07, 6.45) is 1.07. The molecule has 0 aliphatic carbocycles. The molecule has 2 heterocycles. The van der Waals surface area contributed by atoms with Crippen LogP contribution in [0.5, 0.6) is 0 Å². The molecule has 21 heavy (non-hydrogen) atoms. The highest BCUT2D eigenvalue weighted by Crippen LogP contribution is 2.15. The number of amides is 1. The maximum absolute atomic E-state index is 11.9. The van der Waals surface area contributed by atoms with E-state index in [2.05, 4.69) is 22.1 Å². The van der Waals surface area contributed by atoms with Gasteiger partial charge in [-0.2, -0.15) is 0 Å². The van der Waals surface area contributed by atoms with Gasteiger partial charge in [0, 0.05) is 16.6 Å². The van der Waals surface area contributed by atoms with Crippen molar-refractivity contribution in [1.82, 2.24) is 15.3 Å². The number of carbonyl (C=O) groups excluding carboxylic acids is 1. The molecule has 0 saturated carbocycles. The summed E-state index contributed by atoms with van der Waals surface area (Å²) in [6, 6.07) is 1.78. The van der Waals surface area contributed by atoms with E-state index in [1.54, 1.807) is 6.07 Å². The number of aliphatic hydroxyl groups excluding tert-OH is 1. The Labute approximate surface area is 122 Å². The number of aromatic nitrogens is 2. The summed E-state index contributed by atoms with van der Waals surface area (Å²) in [6.45, 7) is -0.0427. The van der Waals surface area contributed by atoms with Gasteiger partial charge in [0.1, 0.15) is 12.2 Å². The van der Waals surface area contributed by atoms with Crippen LogP contribution < -0.4 is 16.6 Å². The number of H-pyrrole nitrogens is 2. The summed E-state index contributed by atoms with van der Waals surface area (Å²) >= 11 is 1.40. The second-order valence-electron chi connectivity index (χ2n) is 3.89. The van der Waals surface area contributed by atoms with Gasteiger partial charge < -0.3 is 15.4 Å². The van der Waals surface area contributed by atoms with Crippen LogP contribution in [-0.2, 0) is 6.54 Å². The Hall–Kier alpha value is -2.63. The van der Waals surface area contributed by atoms with E-state index in [1.807, 2.05) is 10.4 Å². The van der Waals surface area contributed by atoms with Crippen molar-refractivity contribution in [1.29, 1.82) is 0 Å². The topological polar surface area (TPSA) is 115 Å². The number of rotatable bonds is 3. The summed E-state index contributed by atoms with van der Waals surface area (Å²) in [4.78, 5) is 39.2. The number of carbonyl (C=O) groups is 1. The van der Waals surface area contributed by atoms with Gasteiger partial charge in [0.25, 0.3) is 11.5 Å². The average molecular weight is 305 g/mol. The highest BCUT2D eigenvalue weighted by Gasteiger charge is 2.11. The SMILES string of the molecule is O=C(NCc1sccc1C#CCO)c1c[nH]c(=O)[nH]c1=O. The number of hydrogen-bond acceptors (Lipinski definition) is 5. The van der Waals surface area contributed by atoms with E-state index in [9.17, 15) is 14.4 Å². The second-order valence-corrected chi connectivity index (χ2v) is 4.89. The maximum atomic E-state index is 11.9.